The minimum Gasteiger partial charge on any atom is -0.352 e. The number of pyridine rings is 1. The van der Waals surface area contributed by atoms with Crippen LogP contribution in [0.5, 0.6) is 0 Å². The standard InChI is InChI=1S/C7H7Br2NO/c1-2-10-3-5(8)7(11)6(9)4-10/h3-4H,2H2,1H3. The number of hydrogen-bond acceptors (Lipinski definition) is 1. The van der Waals surface area contributed by atoms with E-state index in [2.05, 4.69) is 31.9 Å². The van der Waals surface area contributed by atoms with Crippen molar-refractivity contribution in [1.82, 2.24) is 4.57 Å². The Morgan fingerprint density at radius 2 is 1.82 bits per heavy atom. The van der Waals surface area contributed by atoms with Crippen molar-refractivity contribution in [3.8, 4) is 0 Å². The van der Waals surface area contributed by atoms with E-state index >= 15 is 0 Å². The van der Waals surface area contributed by atoms with Crippen LogP contribution in [0.2, 0.25) is 0 Å². The van der Waals surface area contributed by atoms with Crippen molar-refractivity contribution < 1.29 is 0 Å². The highest BCUT2D eigenvalue weighted by Gasteiger charge is 2.00. The summed E-state index contributed by atoms with van der Waals surface area (Å²) in [5, 5.41) is 0. The van der Waals surface area contributed by atoms with E-state index in [0.717, 1.165) is 6.54 Å². The molecular weight excluding hydrogens is 274 g/mol. The van der Waals surface area contributed by atoms with Crippen LogP contribution in [0.4, 0.5) is 0 Å². The lowest BCUT2D eigenvalue weighted by atomic mass is 10.4. The molecule has 1 heterocycles. The second-order valence-electron chi connectivity index (χ2n) is 2.11. The molecule has 1 aromatic heterocycles. The van der Waals surface area contributed by atoms with E-state index < -0.39 is 0 Å². The van der Waals surface area contributed by atoms with Crippen molar-refractivity contribution in [2.45, 2.75) is 13.5 Å². The zero-order valence-corrected chi connectivity index (χ0v) is 9.15. The third-order valence-electron chi connectivity index (χ3n) is 1.36. The van der Waals surface area contributed by atoms with Crippen molar-refractivity contribution in [2.75, 3.05) is 0 Å². The normalized spacial score (nSPS) is 10.1. The van der Waals surface area contributed by atoms with E-state index in [1.165, 1.54) is 0 Å². The number of hydrogen-bond donors (Lipinski definition) is 0. The first-order valence-electron chi connectivity index (χ1n) is 3.20. The van der Waals surface area contributed by atoms with Gasteiger partial charge in [-0.2, -0.15) is 0 Å². The Kier molecular flexibility index (Phi) is 2.90. The molecule has 0 aliphatic rings. The van der Waals surface area contributed by atoms with Crippen molar-refractivity contribution in [1.29, 1.82) is 0 Å². The lowest BCUT2D eigenvalue weighted by Crippen LogP contribution is -2.07. The molecule has 0 fully saturated rings. The van der Waals surface area contributed by atoms with E-state index in [1.54, 1.807) is 12.4 Å². The molecule has 0 saturated heterocycles. The molecule has 1 aromatic rings. The van der Waals surface area contributed by atoms with Gasteiger partial charge in [0.1, 0.15) is 0 Å². The molecule has 0 aliphatic carbocycles. The number of halogens is 2. The second kappa shape index (κ2) is 3.54. The van der Waals surface area contributed by atoms with E-state index in [-0.39, 0.29) is 5.43 Å². The van der Waals surface area contributed by atoms with Crippen LogP contribution in [0.1, 0.15) is 6.92 Å². The Labute approximate surface area is 81.5 Å². The lowest BCUT2D eigenvalue weighted by Gasteiger charge is -2.02. The molecule has 11 heavy (non-hydrogen) atoms. The molecule has 0 unspecified atom stereocenters. The molecule has 4 heteroatoms. The molecule has 2 nitrogen and oxygen atoms in total. The van der Waals surface area contributed by atoms with Crippen LogP contribution < -0.4 is 5.43 Å². The van der Waals surface area contributed by atoms with Gasteiger partial charge in [0.15, 0.2) is 0 Å². The molecule has 0 atom stereocenters. The Morgan fingerprint density at radius 1 is 1.36 bits per heavy atom. The predicted molar refractivity (Wildman–Crippen MR) is 51.8 cm³/mol. The average Bonchev–Trinajstić information content (AvgIpc) is 1.99. The van der Waals surface area contributed by atoms with Gasteiger partial charge in [0.25, 0.3) is 0 Å². The summed E-state index contributed by atoms with van der Waals surface area (Å²) in [7, 11) is 0. The van der Waals surface area contributed by atoms with Crippen LogP contribution in [0.3, 0.4) is 0 Å². The van der Waals surface area contributed by atoms with Gasteiger partial charge in [-0.1, -0.05) is 0 Å². The Bertz CT molecular complexity index is 292. The van der Waals surface area contributed by atoms with Crippen LogP contribution in [0, 0.1) is 0 Å². The van der Waals surface area contributed by atoms with Crippen LogP contribution in [0.25, 0.3) is 0 Å². The summed E-state index contributed by atoms with van der Waals surface area (Å²) in [6.45, 7) is 2.88. The summed E-state index contributed by atoms with van der Waals surface area (Å²) in [6.07, 6.45) is 3.54. The van der Waals surface area contributed by atoms with Crippen LogP contribution in [-0.2, 0) is 6.54 Å². The smallest absolute Gasteiger partial charge is 0.209 e. The Hall–Kier alpha value is -0.0900. The maximum atomic E-state index is 11.1. The molecule has 0 aromatic carbocycles. The first-order chi connectivity index (χ1) is 5.15. The highest BCUT2D eigenvalue weighted by atomic mass is 79.9. The molecule has 0 aliphatic heterocycles. The minimum absolute atomic E-state index is 0.00491. The SMILES string of the molecule is CCn1cc(Br)c(=O)c(Br)c1. The molecular formula is C7H7Br2NO. The van der Waals surface area contributed by atoms with Gasteiger partial charge in [-0.25, -0.2) is 0 Å². The third kappa shape index (κ3) is 1.93. The largest absolute Gasteiger partial charge is 0.352 e. The van der Waals surface area contributed by atoms with E-state index in [4.69, 9.17) is 0 Å². The van der Waals surface area contributed by atoms with E-state index in [9.17, 15) is 4.79 Å². The number of rotatable bonds is 1. The van der Waals surface area contributed by atoms with Crippen LogP contribution in [-0.4, -0.2) is 4.57 Å². The van der Waals surface area contributed by atoms with Crippen LogP contribution in [0.15, 0.2) is 26.1 Å². The fourth-order valence-corrected chi connectivity index (χ4v) is 1.96. The topological polar surface area (TPSA) is 22.0 Å². The monoisotopic (exact) mass is 279 g/mol. The van der Waals surface area contributed by atoms with Gasteiger partial charge in [-0.15, -0.1) is 0 Å². The van der Waals surface area contributed by atoms with E-state index in [0.29, 0.717) is 8.95 Å². The summed E-state index contributed by atoms with van der Waals surface area (Å²) in [5.41, 5.74) is -0.00491. The van der Waals surface area contributed by atoms with Crippen molar-refractivity contribution in [2.24, 2.45) is 0 Å². The number of aromatic nitrogens is 1. The highest BCUT2D eigenvalue weighted by Crippen LogP contribution is 2.09. The van der Waals surface area contributed by atoms with Crippen molar-refractivity contribution in [3.63, 3.8) is 0 Å². The van der Waals surface area contributed by atoms with Crippen molar-refractivity contribution in [3.05, 3.63) is 31.6 Å². The summed E-state index contributed by atoms with van der Waals surface area (Å²) in [5.74, 6) is 0. The molecule has 0 saturated carbocycles. The Balaban J connectivity index is 3.32. The lowest BCUT2D eigenvalue weighted by molar-refractivity contribution is 0.747. The fourth-order valence-electron chi connectivity index (χ4n) is 0.742. The predicted octanol–water partition coefficient (Wildman–Crippen LogP) is 2.39. The van der Waals surface area contributed by atoms with Gasteiger partial charge in [-0.05, 0) is 38.8 Å². The third-order valence-corrected chi connectivity index (χ3v) is 2.49. The summed E-state index contributed by atoms with van der Waals surface area (Å²) >= 11 is 6.35. The molecule has 1 rings (SSSR count). The minimum atomic E-state index is -0.00491. The first kappa shape index (κ1) is 9.00. The van der Waals surface area contributed by atoms with Gasteiger partial charge in [-0.3, -0.25) is 4.79 Å². The maximum Gasteiger partial charge on any atom is 0.209 e. The zero-order valence-electron chi connectivity index (χ0n) is 5.97. The second-order valence-corrected chi connectivity index (χ2v) is 3.82. The van der Waals surface area contributed by atoms with Gasteiger partial charge in [0.05, 0.1) is 8.95 Å². The van der Waals surface area contributed by atoms with Crippen molar-refractivity contribution >= 4 is 31.9 Å². The fraction of sp³-hybridized carbons (Fsp3) is 0.286. The first-order valence-corrected chi connectivity index (χ1v) is 4.79. The maximum absolute atomic E-state index is 11.1. The highest BCUT2D eigenvalue weighted by molar-refractivity contribution is 9.11. The zero-order chi connectivity index (χ0) is 8.43. The van der Waals surface area contributed by atoms with Gasteiger partial charge >= 0.3 is 0 Å². The summed E-state index contributed by atoms with van der Waals surface area (Å²) in [4.78, 5) is 11.1. The van der Waals surface area contributed by atoms with Gasteiger partial charge in [0, 0.05) is 18.9 Å². The van der Waals surface area contributed by atoms with Crippen LogP contribution >= 0.6 is 31.9 Å². The summed E-state index contributed by atoms with van der Waals surface area (Å²) in [6, 6.07) is 0. The molecule has 0 spiro atoms. The number of nitrogens with zero attached hydrogens (tertiary/aromatic N) is 1. The van der Waals surface area contributed by atoms with Gasteiger partial charge < -0.3 is 4.57 Å². The molecule has 0 radical (unpaired) electrons. The number of aryl methyl sites for hydroxylation is 1. The average molecular weight is 281 g/mol. The molecule has 0 N–H and O–H groups in total. The van der Waals surface area contributed by atoms with Gasteiger partial charge in [0.2, 0.25) is 5.43 Å². The molecule has 0 amide bonds. The summed E-state index contributed by atoms with van der Waals surface area (Å²) < 4.78 is 3.11. The van der Waals surface area contributed by atoms with E-state index in [1.807, 2.05) is 11.5 Å². The Morgan fingerprint density at radius 3 is 2.18 bits per heavy atom. The quantitative estimate of drug-likeness (QED) is 0.774. The molecule has 0 bridgehead atoms. The molecule has 60 valence electrons.